The van der Waals surface area contributed by atoms with Crippen molar-refractivity contribution in [2.75, 3.05) is 26.2 Å². The van der Waals surface area contributed by atoms with Gasteiger partial charge in [0.2, 0.25) is 0 Å². The van der Waals surface area contributed by atoms with Gasteiger partial charge in [-0.25, -0.2) is 4.98 Å². The molecule has 1 fully saturated rings. The van der Waals surface area contributed by atoms with E-state index in [-0.39, 0.29) is 0 Å². The largest absolute Gasteiger partial charge is 0.306 e. The number of nitrogens with zero attached hydrogens (tertiary/aromatic N) is 4. The molecule has 1 saturated heterocycles. The molecule has 3 aromatic rings. The summed E-state index contributed by atoms with van der Waals surface area (Å²) in [4.78, 5) is 9.23. The normalized spacial score (nSPS) is 16.0. The van der Waals surface area contributed by atoms with E-state index in [4.69, 9.17) is 0 Å². The van der Waals surface area contributed by atoms with E-state index in [0.717, 1.165) is 45.0 Å². The molecular formula is C22H26N4. The molecule has 0 spiro atoms. The third-order valence-corrected chi connectivity index (χ3v) is 5.27. The third kappa shape index (κ3) is 4.03. The number of piperazine rings is 1. The first-order valence-electron chi connectivity index (χ1n) is 9.34. The van der Waals surface area contributed by atoms with E-state index in [1.165, 1.54) is 16.7 Å². The smallest absolute Gasteiger partial charge is 0.0991 e. The predicted octanol–water partition coefficient (Wildman–Crippen LogP) is 3.50. The molecule has 4 heteroatoms. The second-order valence-corrected chi connectivity index (χ2v) is 7.12. The second-order valence-electron chi connectivity index (χ2n) is 7.12. The summed E-state index contributed by atoms with van der Waals surface area (Å²) in [7, 11) is 0. The Morgan fingerprint density at radius 2 is 1.54 bits per heavy atom. The lowest BCUT2D eigenvalue weighted by molar-refractivity contribution is 0.122. The van der Waals surface area contributed by atoms with Crippen LogP contribution in [-0.4, -0.2) is 45.5 Å². The highest BCUT2D eigenvalue weighted by atomic mass is 15.3. The van der Waals surface area contributed by atoms with Crippen LogP contribution < -0.4 is 0 Å². The fourth-order valence-electron chi connectivity index (χ4n) is 3.58. The van der Waals surface area contributed by atoms with Gasteiger partial charge >= 0.3 is 0 Å². The van der Waals surface area contributed by atoms with E-state index in [1.54, 1.807) is 0 Å². The monoisotopic (exact) mass is 346 g/mol. The summed E-state index contributed by atoms with van der Waals surface area (Å²) >= 11 is 0. The van der Waals surface area contributed by atoms with E-state index in [1.807, 2.05) is 23.3 Å². The van der Waals surface area contributed by atoms with Gasteiger partial charge in [-0.15, -0.1) is 0 Å². The molecule has 0 radical (unpaired) electrons. The number of aromatic nitrogens is 2. The Bertz CT molecular complexity index is 816. The molecule has 0 bridgehead atoms. The van der Waals surface area contributed by atoms with E-state index in [0.29, 0.717) is 0 Å². The SMILES string of the molecule is Cc1ccccc1CN1CCN(Cc2ccc(-n3ccnc3)cc2)CC1. The van der Waals surface area contributed by atoms with Crippen LogP contribution in [-0.2, 0) is 13.1 Å². The first-order chi connectivity index (χ1) is 12.8. The molecule has 4 rings (SSSR count). The highest BCUT2D eigenvalue weighted by molar-refractivity contribution is 5.34. The highest BCUT2D eigenvalue weighted by Crippen LogP contribution is 2.15. The third-order valence-electron chi connectivity index (χ3n) is 5.27. The molecular weight excluding hydrogens is 320 g/mol. The zero-order chi connectivity index (χ0) is 17.8. The van der Waals surface area contributed by atoms with Gasteiger partial charge in [-0.05, 0) is 35.7 Å². The standard InChI is InChI=1S/C22H26N4/c1-19-4-2-3-5-21(19)17-25-14-12-24(13-15-25)16-20-6-8-22(9-7-20)26-11-10-23-18-26/h2-11,18H,12-17H2,1H3. The quantitative estimate of drug-likeness (QED) is 0.707. The lowest BCUT2D eigenvalue weighted by Crippen LogP contribution is -2.45. The molecule has 0 aliphatic carbocycles. The van der Waals surface area contributed by atoms with Gasteiger partial charge in [0.15, 0.2) is 0 Å². The summed E-state index contributed by atoms with van der Waals surface area (Å²) in [6.45, 7) is 8.86. The summed E-state index contributed by atoms with van der Waals surface area (Å²) in [5.41, 5.74) is 5.39. The van der Waals surface area contributed by atoms with Gasteiger partial charge in [0.25, 0.3) is 0 Å². The van der Waals surface area contributed by atoms with Gasteiger partial charge in [-0.1, -0.05) is 36.4 Å². The van der Waals surface area contributed by atoms with Crippen molar-refractivity contribution in [3.05, 3.63) is 83.9 Å². The molecule has 1 aliphatic rings. The average molecular weight is 346 g/mol. The lowest BCUT2D eigenvalue weighted by atomic mass is 10.1. The molecule has 1 aliphatic heterocycles. The topological polar surface area (TPSA) is 24.3 Å². The molecule has 134 valence electrons. The van der Waals surface area contributed by atoms with Crippen molar-refractivity contribution < 1.29 is 0 Å². The van der Waals surface area contributed by atoms with Crippen molar-refractivity contribution in [2.24, 2.45) is 0 Å². The summed E-state index contributed by atoms with van der Waals surface area (Å²) in [5.74, 6) is 0. The minimum Gasteiger partial charge on any atom is -0.306 e. The van der Waals surface area contributed by atoms with E-state index < -0.39 is 0 Å². The Balaban J connectivity index is 1.29. The number of aryl methyl sites for hydroxylation is 1. The summed E-state index contributed by atoms with van der Waals surface area (Å²) in [6.07, 6.45) is 5.62. The number of hydrogen-bond donors (Lipinski definition) is 0. The molecule has 2 aromatic carbocycles. The molecule has 0 N–H and O–H groups in total. The second kappa shape index (κ2) is 7.85. The summed E-state index contributed by atoms with van der Waals surface area (Å²) < 4.78 is 2.04. The molecule has 0 amide bonds. The van der Waals surface area contributed by atoms with Gasteiger partial charge in [0.1, 0.15) is 0 Å². The van der Waals surface area contributed by atoms with Gasteiger partial charge in [0.05, 0.1) is 6.33 Å². The number of benzene rings is 2. The molecule has 26 heavy (non-hydrogen) atoms. The maximum atomic E-state index is 4.11. The Kier molecular flexibility index (Phi) is 5.14. The van der Waals surface area contributed by atoms with E-state index in [9.17, 15) is 0 Å². The van der Waals surface area contributed by atoms with Crippen molar-refractivity contribution in [2.45, 2.75) is 20.0 Å². The maximum absolute atomic E-state index is 4.11. The van der Waals surface area contributed by atoms with Crippen LogP contribution in [0.15, 0.2) is 67.3 Å². The maximum Gasteiger partial charge on any atom is 0.0991 e. The minimum absolute atomic E-state index is 1.03. The molecule has 2 heterocycles. The highest BCUT2D eigenvalue weighted by Gasteiger charge is 2.17. The van der Waals surface area contributed by atoms with Gasteiger partial charge in [0, 0.05) is 57.3 Å². The summed E-state index contributed by atoms with van der Waals surface area (Å²) in [6, 6.07) is 17.5. The van der Waals surface area contributed by atoms with Crippen LogP contribution in [0, 0.1) is 6.92 Å². The van der Waals surface area contributed by atoms with Crippen LogP contribution >= 0.6 is 0 Å². The van der Waals surface area contributed by atoms with Crippen LogP contribution in [0.4, 0.5) is 0 Å². The lowest BCUT2D eigenvalue weighted by Gasteiger charge is -2.35. The number of rotatable bonds is 5. The van der Waals surface area contributed by atoms with Crippen molar-refractivity contribution >= 4 is 0 Å². The van der Waals surface area contributed by atoms with Crippen molar-refractivity contribution in [3.8, 4) is 5.69 Å². The predicted molar refractivity (Wildman–Crippen MR) is 105 cm³/mol. The number of imidazole rings is 1. The number of hydrogen-bond acceptors (Lipinski definition) is 3. The minimum atomic E-state index is 1.03. The zero-order valence-electron chi connectivity index (χ0n) is 15.4. The van der Waals surface area contributed by atoms with Crippen LogP contribution in [0.5, 0.6) is 0 Å². The first kappa shape index (κ1) is 17.0. The Morgan fingerprint density at radius 1 is 0.846 bits per heavy atom. The van der Waals surface area contributed by atoms with Gasteiger partial charge < -0.3 is 4.57 Å². The molecule has 4 nitrogen and oxygen atoms in total. The van der Waals surface area contributed by atoms with E-state index >= 15 is 0 Å². The van der Waals surface area contributed by atoms with Gasteiger partial charge in [-0.3, -0.25) is 9.80 Å². The average Bonchev–Trinajstić information content (AvgIpc) is 3.21. The Morgan fingerprint density at radius 3 is 2.19 bits per heavy atom. The first-order valence-corrected chi connectivity index (χ1v) is 9.34. The van der Waals surface area contributed by atoms with Crippen molar-refractivity contribution in [1.82, 2.24) is 19.4 Å². The van der Waals surface area contributed by atoms with Crippen LogP contribution in [0.25, 0.3) is 5.69 Å². The van der Waals surface area contributed by atoms with Crippen LogP contribution in [0.1, 0.15) is 16.7 Å². The fraction of sp³-hybridized carbons (Fsp3) is 0.318. The molecule has 0 saturated carbocycles. The molecule has 0 unspecified atom stereocenters. The van der Waals surface area contributed by atoms with Crippen molar-refractivity contribution in [3.63, 3.8) is 0 Å². The Hall–Kier alpha value is -2.43. The Labute approximate surface area is 155 Å². The molecule has 0 atom stereocenters. The zero-order valence-corrected chi connectivity index (χ0v) is 15.4. The fourth-order valence-corrected chi connectivity index (χ4v) is 3.58. The van der Waals surface area contributed by atoms with Crippen LogP contribution in [0.2, 0.25) is 0 Å². The molecule has 1 aromatic heterocycles. The summed E-state index contributed by atoms with van der Waals surface area (Å²) in [5, 5.41) is 0. The van der Waals surface area contributed by atoms with Gasteiger partial charge in [-0.2, -0.15) is 0 Å². The van der Waals surface area contributed by atoms with E-state index in [2.05, 4.69) is 70.2 Å². The van der Waals surface area contributed by atoms with Crippen molar-refractivity contribution in [1.29, 1.82) is 0 Å². The van der Waals surface area contributed by atoms with Crippen LogP contribution in [0.3, 0.4) is 0 Å².